The van der Waals surface area contributed by atoms with Crippen molar-refractivity contribution in [3.8, 4) is 0 Å². The number of carboxylic acid groups (broad SMARTS) is 1. The lowest BCUT2D eigenvalue weighted by atomic mass is 9.75. The van der Waals surface area contributed by atoms with E-state index in [1.54, 1.807) is 22.2 Å². The summed E-state index contributed by atoms with van der Waals surface area (Å²) in [6, 6.07) is 7.52. The summed E-state index contributed by atoms with van der Waals surface area (Å²) >= 11 is 6.36. The highest BCUT2D eigenvalue weighted by atomic mass is 35.5. The van der Waals surface area contributed by atoms with Crippen molar-refractivity contribution in [1.29, 1.82) is 0 Å². The van der Waals surface area contributed by atoms with Crippen molar-refractivity contribution in [2.24, 2.45) is 0 Å². The van der Waals surface area contributed by atoms with Crippen LogP contribution in [0.15, 0.2) is 36.7 Å². The first-order valence-corrected chi connectivity index (χ1v) is 24.0. The Hall–Kier alpha value is -4.06. The van der Waals surface area contributed by atoms with E-state index in [2.05, 4.69) is 20.2 Å². The van der Waals surface area contributed by atoms with Gasteiger partial charge in [-0.1, -0.05) is 11.6 Å². The number of aromatic nitrogens is 3. The van der Waals surface area contributed by atoms with Gasteiger partial charge in [-0.05, 0) is 63.4 Å². The van der Waals surface area contributed by atoms with Gasteiger partial charge in [-0.3, -0.25) is 14.6 Å². The average Bonchev–Trinajstić information content (AvgIpc) is 3.75. The first kappa shape index (κ1) is 54.9. The number of rotatable bonds is 37. The summed E-state index contributed by atoms with van der Waals surface area (Å²) in [6.07, 6.45) is 4.75. The summed E-state index contributed by atoms with van der Waals surface area (Å²) in [4.78, 5) is 50.1. The molecule has 20 nitrogen and oxygen atoms in total. The number of imidazole rings is 1. The fraction of sp³-hybridized carbons (Fsp3) is 0.681. The molecule has 2 aliphatic rings. The minimum atomic E-state index is -0.849. The van der Waals surface area contributed by atoms with Gasteiger partial charge >= 0.3 is 12.1 Å². The summed E-state index contributed by atoms with van der Waals surface area (Å²) in [5, 5.41) is 15.4. The fourth-order valence-corrected chi connectivity index (χ4v) is 7.73. The summed E-state index contributed by atoms with van der Waals surface area (Å²) in [5.41, 5.74) is 1.80. The van der Waals surface area contributed by atoms with Gasteiger partial charge in [0.25, 0.3) is 0 Å². The van der Waals surface area contributed by atoms with Crippen molar-refractivity contribution in [3.63, 3.8) is 0 Å². The van der Waals surface area contributed by atoms with E-state index in [1.807, 2.05) is 45.0 Å². The number of aliphatic carboxylic acids is 1. The maximum atomic E-state index is 14.2. The Bertz CT molecular complexity index is 1960. The summed E-state index contributed by atoms with van der Waals surface area (Å²) in [5.74, 6) is -0.143. The number of ether oxygens (including phenoxy) is 9. The van der Waals surface area contributed by atoms with Crippen LogP contribution >= 0.6 is 11.6 Å². The highest BCUT2D eigenvalue weighted by Crippen LogP contribution is 2.48. The molecule has 2 aromatic heterocycles. The molecule has 1 fully saturated rings. The molecule has 5 rings (SSSR count). The number of unbranched alkanes of at least 4 members (excludes halogenated alkanes) is 1. The predicted molar refractivity (Wildman–Crippen MR) is 253 cm³/mol. The zero-order valence-electron chi connectivity index (χ0n) is 40.0. The Morgan fingerprint density at radius 2 is 1.28 bits per heavy atom. The van der Waals surface area contributed by atoms with Crippen LogP contribution in [0.25, 0.3) is 11.0 Å². The lowest BCUT2D eigenvalue weighted by Crippen LogP contribution is -2.65. The van der Waals surface area contributed by atoms with E-state index in [0.717, 1.165) is 54.0 Å². The molecule has 3 aromatic rings. The molecule has 0 saturated carbocycles. The van der Waals surface area contributed by atoms with Crippen LogP contribution < -0.4 is 15.5 Å². The SMILES string of the molecule is CC(C)(C)OC(=O)N1CC2(C1)C(=O)N(Cc1nc3cc(Cl)ccc3n1CCCCOCCOCCOCCOCCOCCOCCOCCOCCNCCNCCC(=O)O)c1cnccc12. The molecule has 2 amide bonds. The van der Waals surface area contributed by atoms with Crippen molar-refractivity contribution >= 4 is 46.3 Å². The highest BCUT2D eigenvalue weighted by molar-refractivity contribution is 6.31. The van der Waals surface area contributed by atoms with E-state index in [-0.39, 0.29) is 32.0 Å². The summed E-state index contributed by atoms with van der Waals surface area (Å²) in [6.45, 7) is 17.4. The van der Waals surface area contributed by atoms with E-state index < -0.39 is 23.1 Å². The second kappa shape index (κ2) is 29.9. The Kier molecular flexibility index (Phi) is 24.1. The Morgan fingerprint density at radius 3 is 1.84 bits per heavy atom. The Balaban J connectivity index is 0.828. The van der Waals surface area contributed by atoms with Gasteiger partial charge in [0.1, 0.15) is 16.8 Å². The molecule has 1 spiro atoms. The minimum Gasteiger partial charge on any atom is -0.481 e. The first-order chi connectivity index (χ1) is 33.0. The number of nitrogens with zero attached hydrogens (tertiary/aromatic N) is 5. The minimum absolute atomic E-state index is 0.0798. The molecule has 4 heterocycles. The van der Waals surface area contributed by atoms with Gasteiger partial charge in [0.2, 0.25) is 5.91 Å². The highest BCUT2D eigenvalue weighted by Gasteiger charge is 2.60. The molecular formula is C47H72ClN7O13. The van der Waals surface area contributed by atoms with Crippen LogP contribution in [-0.2, 0) is 70.7 Å². The number of hydrogen-bond donors (Lipinski definition) is 3. The number of hydrogen-bond acceptors (Lipinski definition) is 16. The lowest BCUT2D eigenvalue weighted by Gasteiger charge is -2.46. The molecule has 1 aromatic carbocycles. The first-order valence-electron chi connectivity index (χ1n) is 23.6. The van der Waals surface area contributed by atoms with Crippen molar-refractivity contribution in [1.82, 2.24) is 30.1 Å². The van der Waals surface area contributed by atoms with Gasteiger partial charge in [-0.25, -0.2) is 9.78 Å². The maximum Gasteiger partial charge on any atom is 0.410 e. The third kappa shape index (κ3) is 18.4. The van der Waals surface area contributed by atoms with Gasteiger partial charge in [0.15, 0.2) is 0 Å². The van der Waals surface area contributed by atoms with Crippen molar-refractivity contribution in [3.05, 3.63) is 53.1 Å². The monoisotopic (exact) mass is 977 g/mol. The number of nitrogens with one attached hydrogen (secondary N) is 2. The number of aryl methyl sites for hydroxylation is 1. The number of anilines is 1. The molecule has 0 unspecified atom stereocenters. The van der Waals surface area contributed by atoms with Gasteiger partial charge in [0.05, 0.1) is 135 Å². The molecule has 2 aliphatic heterocycles. The van der Waals surface area contributed by atoms with Gasteiger partial charge in [-0.2, -0.15) is 0 Å². The topological polar surface area (TPSA) is 216 Å². The third-order valence-corrected chi connectivity index (χ3v) is 11.1. The Morgan fingerprint density at radius 1 is 0.735 bits per heavy atom. The fourth-order valence-electron chi connectivity index (χ4n) is 7.56. The van der Waals surface area contributed by atoms with Crippen LogP contribution in [0, 0.1) is 0 Å². The van der Waals surface area contributed by atoms with Crippen molar-refractivity contribution < 1.29 is 62.1 Å². The quantitative estimate of drug-likeness (QED) is 0.0703. The number of benzene rings is 1. The van der Waals surface area contributed by atoms with E-state index in [4.69, 9.17) is 64.3 Å². The largest absolute Gasteiger partial charge is 0.481 e. The number of amides is 2. The molecule has 0 atom stereocenters. The molecule has 3 N–H and O–H groups in total. The van der Waals surface area contributed by atoms with E-state index in [0.29, 0.717) is 130 Å². The van der Waals surface area contributed by atoms with Crippen LogP contribution in [0.4, 0.5) is 10.5 Å². The van der Waals surface area contributed by atoms with Gasteiger partial charge in [-0.15, -0.1) is 0 Å². The normalized spacial score (nSPS) is 14.3. The third-order valence-electron chi connectivity index (χ3n) is 10.9. The zero-order valence-corrected chi connectivity index (χ0v) is 40.8. The summed E-state index contributed by atoms with van der Waals surface area (Å²) in [7, 11) is 0. The number of pyridine rings is 1. The number of carbonyl (C=O) groups is 3. The molecule has 380 valence electrons. The molecule has 0 bridgehead atoms. The second-order valence-corrected chi connectivity index (χ2v) is 17.7. The van der Waals surface area contributed by atoms with Crippen LogP contribution in [0.5, 0.6) is 0 Å². The molecule has 68 heavy (non-hydrogen) atoms. The zero-order chi connectivity index (χ0) is 48.5. The molecular weight excluding hydrogens is 906 g/mol. The van der Waals surface area contributed by atoms with Crippen LogP contribution in [0.3, 0.4) is 0 Å². The lowest BCUT2D eigenvalue weighted by molar-refractivity contribution is -0.137. The smallest absolute Gasteiger partial charge is 0.410 e. The predicted octanol–water partition coefficient (Wildman–Crippen LogP) is 3.69. The van der Waals surface area contributed by atoms with Crippen LogP contribution in [0.2, 0.25) is 5.02 Å². The van der Waals surface area contributed by atoms with E-state index in [1.165, 1.54) is 0 Å². The van der Waals surface area contributed by atoms with Gasteiger partial charge < -0.3 is 72.7 Å². The van der Waals surface area contributed by atoms with Gasteiger partial charge in [0, 0.05) is 63.6 Å². The summed E-state index contributed by atoms with van der Waals surface area (Å²) < 4.78 is 52.4. The standard InChI is InChI=1S/C47H72ClN7O13/c1-46(2,3)68-45(59)53-35-47(36-53)38-8-10-51-33-41(38)55(44(47)58)34-42-52-39-32-37(48)6-7-40(39)54(42)15-4-5-16-60-18-20-62-22-24-64-26-28-66-30-31-67-29-27-65-25-23-63-21-19-61-17-14-50-13-12-49-11-9-43(56)57/h6-8,10,32-33,49-50H,4-5,9,11-31,34-36H2,1-3H3,(H,56,57). The number of likely N-dealkylation sites (tertiary alicyclic amines) is 1. The van der Waals surface area contributed by atoms with Crippen molar-refractivity contribution in [2.75, 3.05) is 150 Å². The number of halogens is 1. The molecule has 1 saturated heterocycles. The number of carboxylic acids is 1. The average molecular weight is 979 g/mol. The van der Waals surface area contributed by atoms with Crippen LogP contribution in [-0.4, -0.2) is 193 Å². The second-order valence-electron chi connectivity index (χ2n) is 17.3. The van der Waals surface area contributed by atoms with E-state index in [9.17, 15) is 14.4 Å². The van der Waals surface area contributed by atoms with E-state index >= 15 is 0 Å². The van der Waals surface area contributed by atoms with Crippen LogP contribution in [0.1, 0.15) is 51.4 Å². The number of carbonyl (C=O) groups excluding carboxylic acids is 2. The molecule has 0 radical (unpaired) electrons. The number of fused-ring (bicyclic) bond motifs is 3. The van der Waals surface area contributed by atoms with Crippen molar-refractivity contribution in [2.45, 2.75) is 64.1 Å². The maximum absolute atomic E-state index is 14.2. The molecule has 21 heteroatoms. The Labute approximate surface area is 404 Å². The molecule has 0 aliphatic carbocycles.